The van der Waals surface area contributed by atoms with Gasteiger partial charge in [0.15, 0.2) is 0 Å². The fourth-order valence-corrected chi connectivity index (χ4v) is 2.31. The average molecular weight is 250 g/mol. The van der Waals surface area contributed by atoms with Crippen molar-refractivity contribution in [2.24, 2.45) is 0 Å². The maximum absolute atomic E-state index is 12.1. The van der Waals surface area contributed by atoms with Gasteiger partial charge < -0.3 is 5.32 Å². The first kappa shape index (κ1) is 11.8. The van der Waals surface area contributed by atoms with E-state index in [0.29, 0.717) is 11.3 Å². The molecule has 0 saturated carbocycles. The number of H-pyrrole nitrogens is 1. The number of rotatable bonds is 3. The summed E-state index contributed by atoms with van der Waals surface area (Å²) in [6, 6.07) is -0.0869. The molecular weight excluding hydrogens is 236 g/mol. The summed E-state index contributed by atoms with van der Waals surface area (Å²) in [4.78, 5) is 16.2. The Kier molecular flexibility index (Phi) is 3.23. The van der Waals surface area contributed by atoms with E-state index in [0.717, 1.165) is 10.7 Å². The molecule has 1 unspecified atom stereocenters. The van der Waals surface area contributed by atoms with Crippen LogP contribution >= 0.6 is 11.3 Å². The van der Waals surface area contributed by atoms with Gasteiger partial charge >= 0.3 is 0 Å². The second-order valence-electron chi connectivity index (χ2n) is 3.87. The summed E-state index contributed by atoms with van der Waals surface area (Å²) in [5.41, 5.74) is 2.12. The average Bonchev–Trinajstić information content (AvgIpc) is 2.88. The molecule has 0 bridgehead atoms. The zero-order valence-electron chi connectivity index (χ0n) is 9.94. The molecule has 2 heterocycles. The van der Waals surface area contributed by atoms with Crippen LogP contribution in [0.1, 0.15) is 39.7 Å². The molecule has 0 aliphatic carbocycles. The van der Waals surface area contributed by atoms with E-state index in [1.807, 2.05) is 26.2 Å². The van der Waals surface area contributed by atoms with E-state index < -0.39 is 0 Å². The van der Waals surface area contributed by atoms with E-state index in [9.17, 15) is 4.79 Å². The van der Waals surface area contributed by atoms with Gasteiger partial charge in [0.25, 0.3) is 5.91 Å². The van der Waals surface area contributed by atoms with Crippen LogP contribution in [0.2, 0.25) is 0 Å². The van der Waals surface area contributed by atoms with E-state index in [1.165, 1.54) is 11.3 Å². The SMILES string of the molecule is Cc1n[nH]c(C)c1C(=O)NC(C)c1nccs1. The molecule has 1 amide bonds. The third kappa shape index (κ3) is 2.36. The Morgan fingerprint density at radius 2 is 2.29 bits per heavy atom. The number of nitrogens with one attached hydrogen (secondary N) is 2. The molecule has 90 valence electrons. The van der Waals surface area contributed by atoms with Crippen LogP contribution in [0.5, 0.6) is 0 Å². The van der Waals surface area contributed by atoms with Crippen molar-refractivity contribution in [1.29, 1.82) is 0 Å². The Morgan fingerprint density at radius 1 is 1.53 bits per heavy atom. The van der Waals surface area contributed by atoms with Crippen molar-refractivity contribution in [3.63, 3.8) is 0 Å². The van der Waals surface area contributed by atoms with Gasteiger partial charge in [-0.1, -0.05) is 0 Å². The largest absolute Gasteiger partial charge is 0.343 e. The number of hydrogen-bond acceptors (Lipinski definition) is 4. The number of aryl methyl sites for hydroxylation is 2. The van der Waals surface area contributed by atoms with Crippen molar-refractivity contribution in [3.05, 3.63) is 33.5 Å². The van der Waals surface area contributed by atoms with Crippen molar-refractivity contribution >= 4 is 17.2 Å². The maximum atomic E-state index is 12.1. The highest BCUT2D eigenvalue weighted by atomic mass is 32.1. The Morgan fingerprint density at radius 3 is 2.82 bits per heavy atom. The van der Waals surface area contributed by atoms with Gasteiger partial charge in [0.1, 0.15) is 5.01 Å². The van der Waals surface area contributed by atoms with Crippen molar-refractivity contribution in [3.8, 4) is 0 Å². The lowest BCUT2D eigenvalue weighted by atomic mass is 10.2. The zero-order chi connectivity index (χ0) is 12.4. The topological polar surface area (TPSA) is 70.7 Å². The standard InChI is InChI=1S/C11H14N4OS/c1-6-9(7(2)15-14-6)10(16)13-8(3)11-12-4-5-17-11/h4-5,8H,1-3H3,(H,13,16)(H,14,15). The Hall–Kier alpha value is -1.69. The summed E-state index contributed by atoms with van der Waals surface area (Å²) >= 11 is 1.53. The predicted octanol–water partition coefficient (Wildman–Crippen LogP) is 1.97. The fraction of sp³-hybridized carbons (Fsp3) is 0.364. The molecule has 2 aromatic heterocycles. The second kappa shape index (κ2) is 4.67. The Balaban J connectivity index is 2.12. The minimum Gasteiger partial charge on any atom is -0.343 e. The number of aromatic amines is 1. The highest BCUT2D eigenvalue weighted by molar-refractivity contribution is 7.09. The van der Waals surface area contributed by atoms with Gasteiger partial charge in [-0.05, 0) is 20.8 Å². The molecule has 0 saturated heterocycles. The molecule has 0 radical (unpaired) electrons. The van der Waals surface area contributed by atoms with E-state index in [-0.39, 0.29) is 11.9 Å². The lowest BCUT2D eigenvalue weighted by Crippen LogP contribution is -2.27. The molecule has 2 N–H and O–H groups in total. The van der Waals surface area contributed by atoms with Crippen LogP contribution in [-0.4, -0.2) is 21.1 Å². The molecule has 0 fully saturated rings. The van der Waals surface area contributed by atoms with Crippen LogP contribution in [0.15, 0.2) is 11.6 Å². The van der Waals surface area contributed by atoms with Crippen LogP contribution < -0.4 is 5.32 Å². The van der Waals surface area contributed by atoms with Crippen LogP contribution in [0.4, 0.5) is 0 Å². The van der Waals surface area contributed by atoms with Gasteiger partial charge in [0.2, 0.25) is 0 Å². The molecule has 0 aromatic carbocycles. The van der Waals surface area contributed by atoms with Gasteiger partial charge in [-0.25, -0.2) is 4.98 Å². The van der Waals surface area contributed by atoms with Crippen LogP contribution in [0.25, 0.3) is 0 Å². The van der Waals surface area contributed by atoms with Crippen LogP contribution in [-0.2, 0) is 0 Å². The molecule has 0 aliphatic heterocycles. The van der Waals surface area contributed by atoms with Crippen molar-refractivity contribution in [2.75, 3.05) is 0 Å². The number of nitrogens with zero attached hydrogens (tertiary/aromatic N) is 2. The maximum Gasteiger partial charge on any atom is 0.255 e. The lowest BCUT2D eigenvalue weighted by molar-refractivity contribution is 0.0938. The Bertz CT molecular complexity index is 498. The third-order valence-electron chi connectivity index (χ3n) is 2.52. The van der Waals surface area contributed by atoms with Gasteiger partial charge in [0, 0.05) is 17.3 Å². The molecule has 1 atom stereocenters. The summed E-state index contributed by atoms with van der Waals surface area (Å²) in [7, 11) is 0. The molecule has 2 rings (SSSR count). The first-order chi connectivity index (χ1) is 8.09. The summed E-state index contributed by atoms with van der Waals surface area (Å²) in [5, 5.41) is 12.5. The number of aromatic nitrogens is 3. The monoisotopic (exact) mass is 250 g/mol. The zero-order valence-corrected chi connectivity index (χ0v) is 10.8. The van der Waals surface area contributed by atoms with E-state index in [2.05, 4.69) is 20.5 Å². The number of carbonyl (C=O) groups is 1. The smallest absolute Gasteiger partial charge is 0.255 e. The molecule has 6 heteroatoms. The molecule has 5 nitrogen and oxygen atoms in total. The van der Waals surface area contributed by atoms with Gasteiger partial charge in [0.05, 0.1) is 17.3 Å². The quantitative estimate of drug-likeness (QED) is 0.875. The van der Waals surface area contributed by atoms with Crippen molar-refractivity contribution in [1.82, 2.24) is 20.5 Å². The number of amides is 1. The normalized spacial score (nSPS) is 12.4. The third-order valence-corrected chi connectivity index (χ3v) is 3.48. The number of carbonyl (C=O) groups excluding carboxylic acids is 1. The second-order valence-corrected chi connectivity index (χ2v) is 4.80. The number of hydrogen-bond donors (Lipinski definition) is 2. The van der Waals surface area contributed by atoms with Gasteiger partial charge in [-0.2, -0.15) is 5.10 Å². The van der Waals surface area contributed by atoms with Gasteiger partial charge in [-0.15, -0.1) is 11.3 Å². The highest BCUT2D eigenvalue weighted by Crippen LogP contribution is 2.16. The van der Waals surface area contributed by atoms with Crippen molar-refractivity contribution < 1.29 is 4.79 Å². The minimum absolute atomic E-state index is 0.0869. The first-order valence-electron chi connectivity index (χ1n) is 5.31. The number of thiazole rings is 1. The first-order valence-corrected chi connectivity index (χ1v) is 6.19. The summed E-state index contributed by atoms with van der Waals surface area (Å²) in [6.07, 6.45) is 1.73. The lowest BCUT2D eigenvalue weighted by Gasteiger charge is -2.11. The highest BCUT2D eigenvalue weighted by Gasteiger charge is 2.18. The molecule has 0 spiro atoms. The van der Waals surface area contributed by atoms with Crippen LogP contribution in [0, 0.1) is 13.8 Å². The molecule has 2 aromatic rings. The Labute approximate surface area is 103 Å². The van der Waals surface area contributed by atoms with Crippen LogP contribution in [0.3, 0.4) is 0 Å². The van der Waals surface area contributed by atoms with E-state index in [1.54, 1.807) is 6.20 Å². The fourth-order valence-electron chi connectivity index (χ4n) is 1.66. The molecule has 17 heavy (non-hydrogen) atoms. The minimum atomic E-state index is -0.114. The summed E-state index contributed by atoms with van der Waals surface area (Å²) in [5.74, 6) is -0.114. The van der Waals surface area contributed by atoms with Crippen molar-refractivity contribution in [2.45, 2.75) is 26.8 Å². The summed E-state index contributed by atoms with van der Waals surface area (Å²) < 4.78 is 0. The van der Waals surface area contributed by atoms with E-state index in [4.69, 9.17) is 0 Å². The van der Waals surface area contributed by atoms with Gasteiger partial charge in [-0.3, -0.25) is 9.89 Å². The van der Waals surface area contributed by atoms with E-state index >= 15 is 0 Å². The molecular formula is C11H14N4OS. The molecule has 0 aliphatic rings. The summed E-state index contributed by atoms with van der Waals surface area (Å²) in [6.45, 7) is 5.57. The predicted molar refractivity (Wildman–Crippen MR) is 66.1 cm³/mol.